The van der Waals surface area contributed by atoms with Crippen LogP contribution in [0.15, 0.2) is 21.5 Å². The molecular formula is C11H13BrClF3N2O2S. The molecule has 120 valence electrons. The first-order valence-corrected chi connectivity index (χ1v) is 8.49. The Hall–Kier alpha value is -0.510. The van der Waals surface area contributed by atoms with Gasteiger partial charge >= 0.3 is 6.18 Å². The quantitative estimate of drug-likeness (QED) is 0.556. The summed E-state index contributed by atoms with van der Waals surface area (Å²) in [5.41, 5.74) is 5.75. The number of unbranched alkanes of at least 4 members (excludes halogenated alkanes) is 1. The zero-order valence-electron chi connectivity index (χ0n) is 10.7. The third-order valence-electron chi connectivity index (χ3n) is 2.50. The summed E-state index contributed by atoms with van der Waals surface area (Å²) in [6.45, 7) is -0.0999. The third-order valence-corrected chi connectivity index (χ3v) is 5.35. The van der Waals surface area contributed by atoms with Crippen molar-refractivity contribution >= 4 is 43.2 Å². The van der Waals surface area contributed by atoms with Crippen molar-refractivity contribution < 1.29 is 21.6 Å². The van der Waals surface area contributed by atoms with Gasteiger partial charge in [-0.05, 0) is 40.9 Å². The standard InChI is InChI=1S/C11H13BrClF3N2O2S/c12-10-8(17)5-7(13)6-9(10)21(19,20)18-4-2-1-3-11(14,15)16/h5-6,18H,1-4,17H2. The third kappa shape index (κ3) is 6.01. The van der Waals surface area contributed by atoms with Crippen LogP contribution in [0.25, 0.3) is 0 Å². The molecule has 4 nitrogen and oxygen atoms in total. The Labute approximate surface area is 134 Å². The number of halogens is 5. The molecule has 0 aromatic heterocycles. The second-order valence-electron chi connectivity index (χ2n) is 4.28. The minimum Gasteiger partial charge on any atom is -0.398 e. The van der Waals surface area contributed by atoms with E-state index in [-0.39, 0.29) is 39.5 Å². The lowest BCUT2D eigenvalue weighted by Gasteiger charge is -2.11. The molecule has 0 atom stereocenters. The van der Waals surface area contributed by atoms with E-state index in [9.17, 15) is 21.6 Å². The molecule has 0 bridgehead atoms. The van der Waals surface area contributed by atoms with Gasteiger partial charge in [0.05, 0.1) is 9.37 Å². The fraction of sp³-hybridized carbons (Fsp3) is 0.455. The van der Waals surface area contributed by atoms with Crippen molar-refractivity contribution in [3.63, 3.8) is 0 Å². The number of nitrogens with two attached hydrogens (primary N) is 1. The molecule has 0 saturated heterocycles. The average Bonchev–Trinajstić information content (AvgIpc) is 2.31. The average molecular weight is 410 g/mol. The summed E-state index contributed by atoms with van der Waals surface area (Å²) >= 11 is 8.79. The first-order valence-electron chi connectivity index (χ1n) is 5.84. The first kappa shape index (κ1) is 18.5. The van der Waals surface area contributed by atoms with E-state index in [0.717, 1.165) is 0 Å². The van der Waals surface area contributed by atoms with Gasteiger partial charge in [0, 0.05) is 23.7 Å². The fourth-order valence-electron chi connectivity index (χ4n) is 1.51. The molecule has 0 aliphatic carbocycles. The molecule has 0 heterocycles. The summed E-state index contributed by atoms with van der Waals surface area (Å²) in [4.78, 5) is -0.150. The number of nitrogen functional groups attached to an aromatic ring is 1. The number of nitrogens with one attached hydrogen (secondary N) is 1. The zero-order chi connectivity index (χ0) is 16.3. The molecule has 3 N–H and O–H groups in total. The van der Waals surface area contributed by atoms with E-state index >= 15 is 0 Å². The topological polar surface area (TPSA) is 72.2 Å². The lowest BCUT2D eigenvalue weighted by molar-refractivity contribution is -0.135. The number of rotatable bonds is 6. The van der Waals surface area contributed by atoms with Crippen molar-refractivity contribution in [2.24, 2.45) is 0 Å². The highest BCUT2D eigenvalue weighted by molar-refractivity contribution is 9.10. The van der Waals surface area contributed by atoms with E-state index in [4.69, 9.17) is 17.3 Å². The van der Waals surface area contributed by atoms with Crippen molar-refractivity contribution in [1.29, 1.82) is 0 Å². The van der Waals surface area contributed by atoms with Crippen LogP contribution in [0.1, 0.15) is 19.3 Å². The summed E-state index contributed by atoms with van der Waals surface area (Å²) in [5, 5.41) is 0.146. The molecular weight excluding hydrogens is 397 g/mol. The molecule has 0 radical (unpaired) electrons. The van der Waals surface area contributed by atoms with E-state index in [2.05, 4.69) is 20.7 Å². The van der Waals surface area contributed by atoms with Gasteiger partial charge in [0.25, 0.3) is 0 Å². The van der Waals surface area contributed by atoms with Gasteiger partial charge in [0.15, 0.2) is 0 Å². The molecule has 0 fully saturated rings. The van der Waals surface area contributed by atoms with Crippen molar-refractivity contribution in [2.75, 3.05) is 12.3 Å². The second kappa shape index (κ2) is 7.17. The molecule has 1 rings (SSSR count). The number of anilines is 1. The van der Waals surface area contributed by atoms with Gasteiger partial charge in [-0.2, -0.15) is 13.2 Å². The van der Waals surface area contributed by atoms with Crippen molar-refractivity contribution in [3.05, 3.63) is 21.6 Å². The van der Waals surface area contributed by atoms with E-state index in [1.165, 1.54) is 12.1 Å². The predicted octanol–water partition coefficient (Wildman–Crippen LogP) is 3.70. The summed E-state index contributed by atoms with van der Waals surface area (Å²) in [6, 6.07) is 2.59. The highest BCUT2D eigenvalue weighted by atomic mass is 79.9. The number of hydrogen-bond acceptors (Lipinski definition) is 3. The van der Waals surface area contributed by atoms with Crippen LogP contribution in [-0.4, -0.2) is 21.1 Å². The van der Waals surface area contributed by atoms with Crippen LogP contribution in [0.4, 0.5) is 18.9 Å². The zero-order valence-corrected chi connectivity index (χ0v) is 13.8. The first-order chi connectivity index (χ1) is 9.53. The molecule has 1 aromatic rings. The number of benzene rings is 1. The van der Waals surface area contributed by atoms with Crippen LogP contribution in [0.3, 0.4) is 0 Å². The maximum Gasteiger partial charge on any atom is 0.389 e. The number of alkyl halides is 3. The molecule has 10 heteroatoms. The Morgan fingerprint density at radius 3 is 2.48 bits per heavy atom. The van der Waals surface area contributed by atoms with Crippen molar-refractivity contribution in [3.8, 4) is 0 Å². The molecule has 0 aliphatic heterocycles. The van der Waals surface area contributed by atoms with E-state index in [1.54, 1.807) is 0 Å². The summed E-state index contributed by atoms with van der Waals surface area (Å²) in [7, 11) is -3.89. The van der Waals surface area contributed by atoms with E-state index < -0.39 is 22.6 Å². The minimum atomic E-state index is -4.23. The number of sulfonamides is 1. The smallest absolute Gasteiger partial charge is 0.389 e. The normalized spacial score (nSPS) is 12.6. The Kier molecular flexibility index (Phi) is 6.33. The van der Waals surface area contributed by atoms with Gasteiger partial charge in [-0.3, -0.25) is 0 Å². The van der Waals surface area contributed by atoms with Gasteiger partial charge in [0.1, 0.15) is 0 Å². The minimum absolute atomic E-state index is 0.0758. The largest absolute Gasteiger partial charge is 0.398 e. The molecule has 0 aliphatic rings. The van der Waals surface area contributed by atoms with Crippen LogP contribution in [-0.2, 0) is 10.0 Å². The summed E-state index contributed by atoms with van der Waals surface area (Å²) < 4.78 is 62.3. The van der Waals surface area contributed by atoms with Gasteiger partial charge in [-0.25, -0.2) is 13.1 Å². The van der Waals surface area contributed by atoms with E-state index in [0.29, 0.717) is 0 Å². The Morgan fingerprint density at radius 1 is 1.29 bits per heavy atom. The van der Waals surface area contributed by atoms with E-state index in [1.807, 2.05) is 0 Å². The van der Waals surface area contributed by atoms with Crippen molar-refractivity contribution in [2.45, 2.75) is 30.3 Å². The SMILES string of the molecule is Nc1cc(Cl)cc(S(=O)(=O)NCCCCC(F)(F)F)c1Br. The molecule has 21 heavy (non-hydrogen) atoms. The maximum absolute atomic E-state index is 12.0. The highest BCUT2D eigenvalue weighted by Crippen LogP contribution is 2.31. The Bertz CT molecular complexity index is 608. The van der Waals surface area contributed by atoms with Crippen LogP contribution in [0.2, 0.25) is 5.02 Å². The van der Waals surface area contributed by atoms with Gasteiger partial charge in [-0.15, -0.1) is 0 Å². The number of hydrogen-bond donors (Lipinski definition) is 2. The summed E-state index contributed by atoms with van der Waals surface area (Å²) in [6.07, 6.45) is -5.25. The fourth-order valence-corrected chi connectivity index (χ4v) is 3.88. The van der Waals surface area contributed by atoms with Crippen LogP contribution in [0, 0.1) is 0 Å². The van der Waals surface area contributed by atoms with Crippen LogP contribution >= 0.6 is 27.5 Å². The molecule has 0 saturated carbocycles. The van der Waals surface area contributed by atoms with Crippen molar-refractivity contribution in [1.82, 2.24) is 4.72 Å². The second-order valence-corrected chi connectivity index (χ2v) is 7.24. The van der Waals surface area contributed by atoms with Gasteiger partial charge < -0.3 is 5.73 Å². The molecule has 1 aromatic carbocycles. The Balaban J connectivity index is 2.67. The summed E-state index contributed by atoms with van der Waals surface area (Å²) in [5.74, 6) is 0. The van der Waals surface area contributed by atoms with Crippen LogP contribution < -0.4 is 10.5 Å². The monoisotopic (exact) mass is 408 g/mol. The maximum atomic E-state index is 12.0. The molecule has 0 spiro atoms. The molecule has 0 amide bonds. The lowest BCUT2D eigenvalue weighted by Crippen LogP contribution is -2.25. The van der Waals surface area contributed by atoms with Gasteiger partial charge in [-0.1, -0.05) is 11.6 Å². The highest BCUT2D eigenvalue weighted by Gasteiger charge is 2.26. The predicted molar refractivity (Wildman–Crippen MR) is 78.7 cm³/mol. The molecule has 0 unspecified atom stereocenters. The van der Waals surface area contributed by atoms with Crippen LogP contribution in [0.5, 0.6) is 0 Å². The lowest BCUT2D eigenvalue weighted by atomic mass is 10.2. The van der Waals surface area contributed by atoms with Gasteiger partial charge in [0.2, 0.25) is 10.0 Å². The Morgan fingerprint density at radius 2 is 1.90 bits per heavy atom.